The number of hydrogen-bond acceptors (Lipinski definition) is 8. The molecule has 34 heavy (non-hydrogen) atoms. The zero-order valence-electron chi connectivity index (χ0n) is 24.5. The van der Waals surface area contributed by atoms with E-state index in [9.17, 15) is 4.79 Å². The van der Waals surface area contributed by atoms with Crippen molar-refractivity contribution in [2.24, 2.45) is 0 Å². The molecule has 0 saturated heterocycles. The summed E-state index contributed by atoms with van der Waals surface area (Å²) in [7, 11) is -18.7. The summed E-state index contributed by atoms with van der Waals surface area (Å²) in [6, 6.07) is 0. The summed E-state index contributed by atoms with van der Waals surface area (Å²) in [6.45, 7) is 35.7. The third-order valence-electron chi connectivity index (χ3n) is 3.33. The van der Waals surface area contributed by atoms with Crippen LogP contribution < -0.4 is 0 Å². The van der Waals surface area contributed by atoms with Gasteiger partial charge in [-0.1, -0.05) is 6.58 Å². The Morgan fingerprint density at radius 2 is 0.735 bits per heavy atom. The highest BCUT2D eigenvalue weighted by molar-refractivity contribution is 6.91. The molecular formula is C19H50O8Si7. The number of rotatable bonds is 14. The molecule has 0 heterocycles. The second-order valence-electron chi connectivity index (χ2n) is 12.8. The normalized spacial score (nSPS) is 14.8. The molecule has 0 radical (unpaired) electrons. The van der Waals surface area contributed by atoms with Crippen LogP contribution in [-0.4, -0.2) is 65.7 Å². The summed E-state index contributed by atoms with van der Waals surface area (Å²) >= 11 is 0. The number of hydrogen-bond donors (Lipinski definition) is 0. The highest BCUT2D eigenvalue weighted by atomic mass is 28.5. The standard InChI is InChI=1S/C19H50O8Si7/c1-18(2)19(20)21-34(25-31(12,13)22-28(3,4)5,26-32(14,15)23-29(6,7)8)27-33(16,17)24-30(9,10)11/h1H2,2-17H3. The van der Waals surface area contributed by atoms with Crippen LogP contribution >= 0.6 is 0 Å². The maximum atomic E-state index is 12.9. The predicted molar refractivity (Wildman–Crippen MR) is 156 cm³/mol. The molecule has 0 atom stereocenters. The molecule has 0 unspecified atom stereocenters. The van der Waals surface area contributed by atoms with Gasteiger partial charge >= 0.3 is 40.7 Å². The highest BCUT2D eigenvalue weighted by Gasteiger charge is 2.62. The monoisotopic (exact) mass is 602 g/mol. The fraction of sp³-hybridized carbons (Fsp3) is 0.842. The van der Waals surface area contributed by atoms with Gasteiger partial charge in [0.1, 0.15) is 0 Å². The van der Waals surface area contributed by atoms with Crippen molar-refractivity contribution in [3.05, 3.63) is 12.2 Å². The Bertz CT molecular complexity index is 648. The van der Waals surface area contributed by atoms with Gasteiger partial charge in [0.2, 0.25) is 0 Å². The van der Waals surface area contributed by atoms with E-state index in [4.69, 9.17) is 29.1 Å². The highest BCUT2D eigenvalue weighted by Crippen LogP contribution is 2.31. The molecule has 0 aromatic rings. The van der Waals surface area contributed by atoms with Crippen LogP contribution in [0.25, 0.3) is 0 Å². The van der Waals surface area contributed by atoms with Crippen molar-refractivity contribution >= 4 is 65.7 Å². The summed E-state index contributed by atoms with van der Waals surface area (Å²) < 4.78 is 45.2. The Labute approximate surface area is 216 Å². The Kier molecular flexibility index (Phi) is 11.6. The second kappa shape index (κ2) is 11.5. The van der Waals surface area contributed by atoms with Crippen LogP contribution in [0.2, 0.25) is 98.2 Å². The van der Waals surface area contributed by atoms with E-state index in [1.807, 2.05) is 39.3 Å². The van der Waals surface area contributed by atoms with Crippen molar-refractivity contribution in [1.82, 2.24) is 0 Å². The second-order valence-corrected chi connectivity index (χ2v) is 40.0. The van der Waals surface area contributed by atoms with E-state index in [-0.39, 0.29) is 5.57 Å². The van der Waals surface area contributed by atoms with Gasteiger partial charge in [0.05, 0.1) is 0 Å². The van der Waals surface area contributed by atoms with Crippen LogP contribution in [0.3, 0.4) is 0 Å². The van der Waals surface area contributed by atoms with Gasteiger partial charge in [0.25, 0.3) is 0 Å². The molecule has 0 amide bonds. The van der Waals surface area contributed by atoms with Crippen LogP contribution in [0.15, 0.2) is 12.2 Å². The quantitative estimate of drug-likeness (QED) is 0.170. The smallest absolute Gasteiger partial charge is 0.450 e. The minimum Gasteiger partial charge on any atom is -0.450 e. The minimum atomic E-state index is -4.16. The van der Waals surface area contributed by atoms with Crippen LogP contribution in [0.4, 0.5) is 0 Å². The van der Waals surface area contributed by atoms with Gasteiger partial charge in [-0.3, -0.25) is 0 Å². The van der Waals surface area contributed by atoms with Gasteiger partial charge in [0.15, 0.2) is 25.0 Å². The maximum absolute atomic E-state index is 12.9. The molecule has 0 rings (SSSR count). The van der Waals surface area contributed by atoms with Gasteiger partial charge < -0.3 is 29.1 Å². The molecule has 0 aromatic carbocycles. The van der Waals surface area contributed by atoms with Crippen molar-refractivity contribution in [2.45, 2.75) is 105 Å². The summed E-state index contributed by atoms with van der Waals surface area (Å²) in [6.07, 6.45) is 0. The summed E-state index contributed by atoms with van der Waals surface area (Å²) in [5.74, 6) is -0.625. The third kappa shape index (κ3) is 15.6. The average molecular weight is 603 g/mol. The van der Waals surface area contributed by atoms with E-state index < -0.39 is 65.7 Å². The van der Waals surface area contributed by atoms with E-state index in [0.717, 1.165) is 0 Å². The van der Waals surface area contributed by atoms with Crippen LogP contribution in [-0.2, 0) is 33.9 Å². The number of carbonyl (C=O) groups is 1. The molecule has 202 valence electrons. The first-order chi connectivity index (χ1) is 14.6. The van der Waals surface area contributed by atoms with Crippen molar-refractivity contribution < 1.29 is 33.9 Å². The van der Waals surface area contributed by atoms with Crippen molar-refractivity contribution in [3.63, 3.8) is 0 Å². The van der Waals surface area contributed by atoms with Gasteiger partial charge in [0, 0.05) is 5.57 Å². The van der Waals surface area contributed by atoms with Crippen LogP contribution in [0, 0.1) is 0 Å². The third-order valence-corrected chi connectivity index (χ3v) is 25.9. The van der Waals surface area contributed by atoms with Gasteiger partial charge in [-0.2, -0.15) is 0 Å². The SMILES string of the molecule is C=C(C)C(=O)O[Si](O[Si](C)(C)O[Si](C)(C)C)(O[Si](C)(C)O[Si](C)(C)C)O[Si](C)(C)O[Si](C)(C)C. The lowest BCUT2D eigenvalue weighted by Gasteiger charge is -2.44. The Hall–Kier alpha value is 0.488. The van der Waals surface area contributed by atoms with Gasteiger partial charge in [-0.05, 0) is 105 Å². The Morgan fingerprint density at radius 1 is 0.500 bits per heavy atom. The molecule has 0 N–H and O–H groups in total. The fourth-order valence-corrected chi connectivity index (χ4v) is 32.6. The molecule has 0 fully saturated rings. The first kappa shape index (κ1) is 34.5. The topological polar surface area (TPSA) is 81.7 Å². The lowest BCUT2D eigenvalue weighted by molar-refractivity contribution is -0.135. The van der Waals surface area contributed by atoms with E-state index in [2.05, 4.69) is 65.5 Å². The van der Waals surface area contributed by atoms with Crippen molar-refractivity contribution in [3.8, 4) is 0 Å². The molecule has 0 spiro atoms. The molecule has 0 aliphatic rings. The van der Waals surface area contributed by atoms with Gasteiger partial charge in [-0.25, -0.2) is 4.79 Å². The number of carbonyl (C=O) groups excluding carboxylic acids is 1. The largest absolute Gasteiger partial charge is 0.724 e. The van der Waals surface area contributed by atoms with Crippen molar-refractivity contribution in [1.29, 1.82) is 0 Å². The molecule has 0 saturated carbocycles. The Balaban J connectivity index is 6.70. The van der Waals surface area contributed by atoms with Crippen LogP contribution in [0.1, 0.15) is 6.92 Å². The lowest BCUT2D eigenvalue weighted by Crippen LogP contribution is -2.68. The molecular weight excluding hydrogens is 553 g/mol. The molecule has 0 bridgehead atoms. The molecule has 0 aromatic heterocycles. The molecule has 0 aliphatic carbocycles. The van der Waals surface area contributed by atoms with E-state index >= 15 is 0 Å². The predicted octanol–water partition coefficient (Wildman–Crippen LogP) is 6.25. The minimum absolute atomic E-state index is 0.231. The fourth-order valence-electron chi connectivity index (χ4n) is 3.50. The van der Waals surface area contributed by atoms with E-state index in [0.29, 0.717) is 0 Å². The average Bonchev–Trinajstić information content (AvgIpc) is 2.34. The molecule has 8 nitrogen and oxygen atoms in total. The van der Waals surface area contributed by atoms with Crippen molar-refractivity contribution in [2.75, 3.05) is 0 Å². The first-order valence-corrected chi connectivity index (χ1v) is 32.0. The summed E-state index contributed by atoms with van der Waals surface area (Å²) in [5, 5.41) is 0. The zero-order chi connectivity index (χ0) is 27.6. The maximum Gasteiger partial charge on any atom is 0.724 e. The van der Waals surface area contributed by atoms with Gasteiger partial charge in [-0.15, -0.1) is 0 Å². The molecule has 15 heteroatoms. The van der Waals surface area contributed by atoms with E-state index in [1.165, 1.54) is 0 Å². The summed E-state index contributed by atoms with van der Waals surface area (Å²) in [4.78, 5) is 12.9. The lowest BCUT2D eigenvalue weighted by atomic mass is 10.4. The Morgan fingerprint density at radius 3 is 0.912 bits per heavy atom. The van der Waals surface area contributed by atoms with E-state index in [1.54, 1.807) is 6.92 Å². The zero-order valence-corrected chi connectivity index (χ0v) is 31.5. The first-order valence-electron chi connectivity index (χ1n) is 11.7. The van der Waals surface area contributed by atoms with Crippen LogP contribution in [0.5, 0.6) is 0 Å². The molecule has 0 aliphatic heterocycles. The summed E-state index contributed by atoms with van der Waals surface area (Å²) in [5.41, 5.74) is 0.231.